The standard InChI is InChI=1S/C15H22N4OS/c1-11(8-12-6-5-7-21-12)19(3)15-9-13(16-2)17-14(18-15)10-20-4/h5-7,9,11H,8,10H2,1-4H3,(H,16,17,18). The van der Waals surface area contributed by atoms with Crippen molar-refractivity contribution >= 4 is 23.0 Å². The third-order valence-electron chi connectivity index (χ3n) is 3.39. The van der Waals surface area contributed by atoms with Crippen LogP contribution in [0.25, 0.3) is 0 Å². The van der Waals surface area contributed by atoms with E-state index >= 15 is 0 Å². The fourth-order valence-electron chi connectivity index (χ4n) is 2.07. The Balaban J connectivity index is 2.16. The lowest BCUT2D eigenvalue weighted by Crippen LogP contribution is -2.31. The van der Waals surface area contributed by atoms with Crippen LogP contribution in [0.1, 0.15) is 17.6 Å². The minimum atomic E-state index is 0.360. The molecule has 2 rings (SSSR count). The Morgan fingerprint density at radius 3 is 2.86 bits per heavy atom. The molecule has 0 amide bonds. The number of likely N-dealkylation sites (N-methyl/N-ethyl adjacent to an activating group) is 1. The Morgan fingerprint density at radius 2 is 2.24 bits per heavy atom. The van der Waals surface area contributed by atoms with E-state index in [-0.39, 0.29) is 0 Å². The Bertz CT molecular complexity index is 559. The first-order valence-corrected chi connectivity index (χ1v) is 7.82. The van der Waals surface area contributed by atoms with Gasteiger partial charge in [-0.15, -0.1) is 11.3 Å². The Hall–Kier alpha value is -1.66. The molecule has 2 aromatic rings. The maximum absolute atomic E-state index is 5.14. The Morgan fingerprint density at radius 1 is 1.43 bits per heavy atom. The van der Waals surface area contributed by atoms with Gasteiger partial charge in [-0.3, -0.25) is 0 Å². The summed E-state index contributed by atoms with van der Waals surface area (Å²) in [6.07, 6.45) is 1.01. The largest absolute Gasteiger partial charge is 0.377 e. The third-order valence-corrected chi connectivity index (χ3v) is 4.29. The average Bonchev–Trinajstić information content (AvgIpc) is 2.99. The molecule has 0 radical (unpaired) electrons. The summed E-state index contributed by atoms with van der Waals surface area (Å²) < 4.78 is 5.14. The van der Waals surface area contributed by atoms with Crippen molar-refractivity contribution in [3.63, 3.8) is 0 Å². The van der Waals surface area contributed by atoms with E-state index in [2.05, 4.69) is 51.7 Å². The number of hydrogen-bond donors (Lipinski definition) is 1. The van der Waals surface area contributed by atoms with Crippen molar-refractivity contribution in [1.82, 2.24) is 9.97 Å². The summed E-state index contributed by atoms with van der Waals surface area (Å²) in [5, 5.41) is 5.19. The zero-order valence-corrected chi connectivity index (χ0v) is 13.8. The lowest BCUT2D eigenvalue weighted by atomic mass is 10.2. The summed E-state index contributed by atoms with van der Waals surface area (Å²) in [5.41, 5.74) is 0. The molecular formula is C15H22N4OS. The van der Waals surface area contributed by atoms with Crippen molar-refractivity contribution in [1.29, 1.82) is 0 Å². The molecule has 1 N–H and O–H groups in total. The Kier molecular flexibility index (Phi) is 5.52. The van der Waals surface area contributed by atoms with Gasteiger partial charge in [0.2, 0.25) is 0 Å². The van der Waals surface area contributed by atoms with Crippen LogP contribution in [-0.4, -0.2) is 37.2 Å². The van der Waals surface area contributed by atoms with E-state index in [0.29, 0.717) is 18.5 Å². The van der Waals surface area contributed by atoms with E-state index in [1.807, 2.05) is 13.1 Å². The molecular weight excluding hydrogens is 284 g/mol. The zero-order valence-electron chi connectivity index (χ0n) is 13.0. The number of nitrogens with one attached hydrogen (secondary N) is 1. The van der Waals surface area contributed by atoms with Crippen LogP contribution < -0.4 is 10.2 Å². The van der Waals surface area contributed by atoms with Crippen LogP contribution in [0, 0.1) is 0 Å². The molecule has 2 heterocycles. The van der Waals surface area contributed by atoms with Gasteiger partial charge in [-0.25, -0.2) is 9.97 Å². The van der Waals surface area contributed by atoms with Gasteiger partial charge in [0.1, 0.15) is 18.2 Å². The van der Waals surface area contributed by atoms with E-state index in [1.54, 1.807) is 18.4 Å². The predicted molar refractivity (Wildman–Crippen MR) is 88.2 cm³/mol. The maximum atomic E-state index is 5.14. The van der Waals surface area contributed by atoms with E-state index in [1.165, 1.54) is 4.88 Å². The molecule has 0 saturated carbocycles. The predicted octanol–water partition coefficient (Wildman–Crippen LogP) is 2.79. The van der Waals surface area contributed by atoms with E-state index < -0.39 is 0 Å². The van der Waals surface area contributed by atoms with Gasteiger partial charge in [0, 0.05) is 44.6 Å². The highest BCUT2D eigenvalue weighted by Crippen LogP contribution is 2.20. The first-order valence-electron chi connectivity index (χ1n) is 6.94. The van der Waals surface area contributed by atoms with Crippen molar-refractivity contribution in [2.24, 2.45) is 0 Å². The molecule has 1 atom stereocenters. The van der Waals surface area contributed by atoms with Gasteiger partial charge in [-0.05, 0) is 18.4 Å². The van der Waals surface area contributed by atoms with Gasteiger partial charge in [0.15, 0.2) is 5.82 Å². The molecule has 114 valence electrons. The highest BCUT2D eigenvalue weighted by atomic mass is 32.1. The van der Waals surface area contributed by atoms with Crippen LogP contribution in [0.15, 0.2) is 23.6 Å². The van der Waals surface area contributed by atoms with Crippen LogP contribution in [0.5, 0.6) is 0 Å². The minimum absolute atomic E-state index is 0.360. The normalized spacial score (nSPS) is 12.2. The van der Waals surface area contributed by atoms with Gasteiger partial charge in [0.25, 0.3) is 0 Å². The zero-order chi connectivity index (χ0) is 15.2. The molecule has 0 aliphatic carbocycles. The number of methoxy groups -OCH3 is 1. The fraction of sp³-hybridized carbons (Fsp3) is 0.467. The first-order chi connectivity index (χ1) is 10.1. The quantitative estimate of drug-likeness (QED) is 0.852. The Labute approximate surface area is 130 Å². The lowest BCUT2D eigenvalue weighted by molar-refractivity contribution is 0.178. The molecule has 0 saturated heterocycles. The SMILES string of the molecule is CNc1cc(N(C)C(C)Cc2cccs2)nc(COC)n1. The summed E-state index contributed by atoms with van der Waals surface area (Å²) in [6.45, 7) is 2.62. The summed E-state index contributed by atoms with van der Waals surface area (Å²) in [7, 11) is 5.58. The lowest BCUT2D eigenvalue weighted by Gasteiger charge is -2.26. The molecule has 0 bridgehead atoms. The van der Waals surface area contributed by atoms with Crippen molar-refractivity contribution in [3.05, 3.63) is 34.3 Å². The smallest absolute Gasteiger partial charge is 0.158 e. The number of hydrogen-bond acceptors (Lipinski definition) is 6. The van der Waals surface area contributed by atoms with Gasteiger partial charge in [0.05, 0.1) is 0 Å². The van der Waals surface area contributed by atoms with Crippen molar-refractivity contribution in [2.75, 3.05) is 31.4 Å². The second-order valence-corrected chi connectivity index (χ2v) is 5.99. The summed E-state index contributed by atoms with van der Waals surface area (Å²) in [5.74, 6) is 2.40. The second kappa shape index (κ2) is 7.38. The van der Waals surface area contributed by atoms with Gasteiger partial charge in [-0.2, -0.15) is 0 Å². The third kappa shape index (κ3) is 4.15. The van der Waals surface area contributed by atoms with Gasteiger partial charge in [-0.1, -0.05) is 6.07 Å². The molecule has 21 heavy (non-hydrogen) atoms. The molecule has 0 fully saturated rings. The molecule has 5 nitrogen and oxygen atoms in total. The topological polar surface area (TPSA) is 50.3 Å². The molecule has 1 unspecified atom stereocenters. The molecule has 0 aliphatic rings. The fourth-order valence-corrected chi connectivity index (χ4v) is 2.89. The van der Waals surface area contributed by atoms with E-state index in [4.69, 9.17) is 4.74 Å². The summed E-state index contributed by atoms with van der Waals surface area (Å²) in [4.78, 5) is 12.5. The molecule has 2 aromatic heterocycles. The number of thiophene rings is 1. The van der Waals surface area contributed by atoms with Crippen molar-refractivity contribution in [3.8, 4) is 0 Å². The van der Waals surface area contributed by atoms with Crippen LogP contribution >= 0.6 is 11.3 Å². The molecule has 6 heteroatoms. The monoisotopic (exact) mass is 306 g/mol. The first kappa shape index (κ1) is 15.7. The van der Waals surface area contributed by atoms with Crippen molar-refractivity contribution < 1.29 is 4.74 Å². The van der Waals surface area contributed by atoms with Gasteiger partial charge >= 0.3 is 0 Å². The van der Waals surface area contributed by atoms with E-state index in [9.17, 15) is 0 Å². The second-order valence-electron chi connectivity index (χ2n) is 4.95. The highest BCUT2D eigenvalue weighted by Gasteiger charge is 2.14. The number of ether oxygens (including phenoxy) is 1. The maximum Gasteiger partial charge on any atom is 0.158 e. The van der Waals surface area contributed by atoms with Crippen molar-refractivity contribution in [2.45, 2.75) is 26.0 Å². The van der Waals surface area contributed by atoms with E-state index in [0.717, 1.165) is 18.1 Å². The summed E-state index contributed by atoms with van der Waals surface area (Å²) >= 11 is 1.79. The minimum Gasteiger partial charge on any atom is -0.377 e. The number of anilines is 2. The molecule has 0 spiro atoms. The number of aromatic nitrogens is 2. The van der Waals surface area contributed by atoms with Crippen LogP contribution in [0.4, 0.5) is 11.6 Å². The summed E-state index contributed by atoms with van der Waals surface area (Å²) in [6, 6.07) is 6.58. The van der Waals surface area contributed by atoms with Crippen LogP contribution in [0.3, 0.4) is 0 Å². The molecule has 0 aliphatic heterocycles. The number of rotatable bonds is 7. The molecule has 0 aromatic carbocycles. The van der Waals surface area contributed by atoms with Crippen LogP contribution in [-0.2, 0) is 17.8 Å². The highest BCUT2D eigenvalue weighted by molar-refractivity contribution is 7.09. The number of nitrogens with zero attached hydrogens (tertiary/aromatic N) is 3. The van der Waals surface area contributed by atoms with Crippen LogP contribution in [0.2, 0.25) is 0 Å². The van der Waals surface area contributed by atoms with Gasteiger partial charge < -0.3 is 15.0 Å². The average molecular weight is 306 g/mol.